The Morgan fingerprint density at radius 1 is 1.24 bits per heavy atom. The highest BCUT2D eigenvalue weighted by atomic mass is 16.5. The lowest BCUT2D eigenvalue weighted by molar-refractivity contribution is -0.906. The highest BCUT2D eigenvalue weighted by molar-refractivity contribution is 5.42. The van der Waals surface area contributed by atoms with E-state index in [0.29, 0.717) is 6.54 Å². The Bertz CT molecular complexity index is 432. The largest absolute Gasteiger partial charge is 0.493 e. The van der Waals surface area contributed by atoms with Crippen LogP contribution in [0.15, 0.2) is 18.2 Å². The van der Waals surface area contributed by atoms with Crippen molar-refractivity contribution in [2.45, 2.75) is 19.6 Å². The van der Waals surface area contributed by atoms with Crippen LogP contribution in [0.1, 0.15) is 12.5 Å². The van der Waals surface area contributed by atoms with Crippen LogP contribution < -0.4 is 9.47 Å². The molecule has 21 heavy (non-hydrogen) atoms. The van der Waals surface area contributed by atoms with Crippen molar-refractivity contribution >= 4 is 6.47 Å². The third-order valence-electron chi connectivity index (χ3n) is 2.82. The van der Waals surface area contributed by atoms with Gasteiger partial charge in [0.2, 0.25) is 0 Å². The van der Waals surface area contributed by atoms with Gasteiger partial charge in [0.1, 0.15) is 19.2 Å². The number of aliphatic hydroxyl groups is 1. The van der Waals surface area contributed by atoms with E-state index in [4.69, 9.17) is 19.4 Å². The summed E-state index contributed by atoms with van der Waals surface area (Å²) in [5.41, 5.74) is 1.17. The standard InChI is InChI=1S/C14H24NO3.CH2O2/c1-11(16)9-15(2,3)10-12-6-7-13(17-4)14(8-12)18-5;2-1-3/h6-8,11,16H,9-10H2,1-5H3;1H,(H,2,3)/q+1;. The molecule has 0 heterocycles. The Kier molecular flexibility index (Phi) is 8.42. The molecule has 0 aliphatic carbocycles. The van der Waals surface area contributed by atoms with Crippen molar-refractivity contribution in [2.24, 2.45) is 0 Å². The van der Waals surface area contributed by atoms with Gasteiger partial charge < -0.3 is 24.2 Å². The maximum Gasteiger partial charge on any atom is 0.290 e. The van der Waals surface area contributed by atoms with E-state index in [9.17, 15) is 5.11 Å². The number of ether oxygens (including phenoxy) is 2. The summed E-state index contributed by atoms with van der Waals surface area (Å²) in [4.78, 5) is 8.36. The summed E-state index contributed by atoms with van der Waals surface area (Å²) in [6.07, 6.45) is -0.305. The van der Waals surface area contributed by atoms with Crippen LogP contribution in [0.2, 0.25) is 0 Å². The monoisotopic (exact) mass is 300 g/mol. The first kappa shape index (κ1) is 19.2. The van der Waals surface area contributed by atoms with Crippen LogP contribution in [0, 0.1) is 0 Å². The number of hydrogen-bond acceptors (Lipinski definition) is 4. The van der Waals surface area contributed by atoms with E-state index >= 15 is 0 Å². The van der Waals surface area contributed by atoms with Crippen molar-refractivity contribution < 1.29 is 29.0 Å². The molecular formula is C15H26NO5+. The molecule has 0 amide bonds. The van der Waals surface area contributed by atoms with Crippen LogP contribution in [-0.2, 0) is 11.3 Å². The first-order chi connectivity index (χ1) is 9.79. The average Bonchev–Trinajstić information content (AvgIpc) is 2.37. The number of benzene rings is 1. The van der Waals surface area contributed by atoms with Crippen molar-refractivity contribution in [2.75, 3.05) is 34.9 Å². The van der Waals surface area contributed by atoms with E-state index in [1.54, 1.807) is 14.2 Å². The number of nitrogens with zero attached hydrogens (tertiary/aromatic N) is 1. The normalized spacial score (nSPS) is 11.9. The van der Waals surface area contributed by atoms with E-state index in [0.717, 1.165) is 22.5 Å². The topological polar surface area (TPSA) is 76.0 Å². The van der Waals surface area contributed by atoms with E-state index in [-0.39, 0.29) is 12.6 Å². The van der Waals surface area contributed by atoms with Crippen LogP contribution in [-0.4, -0.2) is 62.1 Å². The predicted molar refractivity (Wildman–Crippen MR) is 80.6 cm³/mol. The fourth-order valence-corrected chi connectivity index (χ4v) is 2.25. The van der Waals surface area contributed by atoms with Gasteiger partial charge in [0.15, 0.2) is 11.5 Å². The quantitative estimate of drug-likeness (QED) is 0.613. The number of rotatable bonds is 6. The predicted octanol–water partition coefficient (Wildman–Crippen LogP) is 1.36. The van der Waals surface area contributed by atoms with Gasteiger partial charge in [-0.25, -0.2) is 0 Å². The fraction of sp³-hybridized carbons (Fsp3) is 0.533. The van der Waals surface area contributed by atoms with Gasteiger partial charge >= 0.3 is 0 Å². The lowest BCUT2D eigenvalue weighted by Crippen LogP contribution is -2.43. The SMILES string of the molecule is COc1ccc(C[N+](C)(C)CC(C)O)cc1OC.O=CO. The molecule has 0 aliphatic rings. The van der Waals surface area contributed by atoms with Crippen LogP contribution in [0.3, 0.4) is 0 Å². The molecular weight excluding hydrogens is 274 g/mol. The summed E-state index contributed by atoms with van der Waals surface area (Å²) in [6.45, 7) is 3.12. The van der Waals surface area contributed by atoms with Crippen molar-refractivity contribution in [3.05, 3.63) is 23.8 Å². The zero-order chi connectivity index (χ0) is 16.5. The summed E-state index contributed by atoms with van der Waals surface area (Å²) in [7, 11) is 7.47. The Morgan fingerprint density at radius 3 is 2.19 bits per heavy atom. The lowest BCUT2D eigenvalue weighted by atomic mass is 10.1. The highest BCUT2D eigenvalue weighted by Crippen LogP contribution is 2.28. The summed E-state index contributed by atoms with van der Waals surface area (Å²) < 4.78 is 11.2. The summed E-state index contributed by atoms with van der Waals surface area (Å²) >= 11 is 0. The van der Waals surface area contributed by atoms with Gasteiger partial charge in [-0.05, 0) is 25.1 Å². The van der Waals surface area contributed by atoms with E-state index in [2.05, 4.69) is 14.1 Å². The lowest BCUT2D eigenvalue weighted by Gasteiger charge is -2.31. The van der Waals surface area contributed by atoms with E-state index in [1.807, 2.05) is 25.1 Å². The van der Waals surface area contributed by atoms with Crippen molar-refractivity contribution in [3.63, 3.8) is 0 Å². The van der Waals surface area contributed by atoms with Crippen molar-refractivity contribution in [1.29, 1.82) is 0 Å². The molecule has 6 nitrogen and oxygen atoms in total. The maximum atomic E-state index is 9.49. The number of carboxylic acid groups (broad SMARTS) is 1. The molecule has 0 aromatic heterocycles. The van der Waals surface area contributed by atoms with E-state index in [1.165, 1.54) is 5.56 Å². The minimum absolute atomic E-state index is 0.250. The third kappa shape index (κ3) is 7.53. The Hall–Kier alpha value is -1.79. The zero-order valence-electron chi connectivity index (χ0n) is 13.4. The zero-order valence-corrected chi connectivity index (χ0v) is 13.4. The molecule has 0 bridgehead atoms. The van der Waals surface area contributed by atoms with E-state index < -0.39 is 0 Å². The third-order valence-corrected chi connectivity index (χ3v) is 2.82. The highest BCUT2D eigenvalue weighted by Gasteiger charge is 2.19. The molecule has 1 rings (SSSR count). The number of aliphatic hydroxyl groups excluding tert-OH is 1. The summed E-state index contributed by atoms with van der Waals surface area (Å²) in [5.74, 6) is 1.48. The first-order valence-electron chi connectivity index (χ1n) is 6.58. The molecule has 1 unspecified atom stereocenters. The molecule has 0 saturated carbocycles. The molecule has 2 N–H and O–H groups in total. The molecule has 1 aromatic rings. The fourth-order valence-electron chi connectivity index (χ4n) is 2.25. The van der Waals surface area contributed by atoms with Gasteiger partial charge in [0, 0.05) is 5.56 Å². The number of hydrogen-bond donors (Lipinski definition) is 2. The van der Waals surface area contributed by atoms with Crippen molar-refractivity contribution in [3.8, 4) is 11.5 Å². The minimum Gasteiger partial charge on any atom is -0.493 e. The number of quaternary nitrogens is 1. The number of carbonyl (C=O) groups is 1. The van der Waals surface area contributed by atoms with Crippen LogP contribution >= 0.6 is 0 Å². The molecule has 0 saturated heterocycles. The Balaban J connectivity index is 0.00000122. The van der Waals surface area contributed by atoms with Crippen LogP contribution in [0.4, 0.5) is 0 Å². The molecule has 0 fully saturated rings. The Morgan fingerprint density at radius 2 is 1.76 bits per heavy atom. The van der Waals surface area contributed by atoms with Gasteiger partial charge in [-0.15, -0.1) is 0 Å². The second kappa shape index (κ2) is 9.20. The first-order valence-corrected chi connectivity index (χ1v) is 6.58. The van der Waals surface area contributed by atoms with Gasteiger partial charge in [-0.1, -0.05) is 0 Å². The number of likely N-dealkylation sites (N-methyl/N-ethyl adjacent to an activating group) is 1. The summed E-state index contributed by atoms with van der Waals surface area (Å²) in [6, 6.07) is 5.93. The molecule has 0 aliphatic heterocycles. The second-order valence-electron chi connectivity index (χ2n) is 5.42. The Labute approximate surface area is 126 Å². The molecule has 6 heteroatoms. The molecule has 120 valence electrons. The van der Waals surface area contributed by atoms with Gasteiger partial charge in [-0.2, -0.15) is 0 Å². The molecule has 0 spiro atoms. The van der Waals surface area contributed by atoms with Gasteiger partial charge in [0.05, 0.1) is 28.3 Å². The molecule has 1 atom stereocenters. The maximum absolute atomic E-state index is 9.49. The second-order valence-corrected chi connectivity index (χ2v) is 5.42. The average molecular weight is 300 g/mol. The minimum atomic E-state index is -0.305. The smallest absolute Gasteiger partial charge is 0.290 e. The molecule has 1 aromatic carbocycles. The summed E-state index contributed by atoms with van der Waals surface area (Å²) in [5, 5.41) is 16.4. The van der Waals surface area contributed by atoms with Crippen molar-refractivity contribution in [1.82, 2.24) is 0 Å². The van der Waals surface area contributed by atoms with Gasteiger partial charge in [0.25, 0.3) is 6.47 Å². The van der Waals surface area contributed by atoms with Crippen LogP contribution in [0.25, 0.3) is 0 Å². The van der Waals surface area contributed by atoms with Gasteiger partial charge in [-0.3, -0.25) is 4.79 Å². The number of methoxy groups -OCH3 is 2. The van der Waals surface area contributed by atoms with Crippen LogP contribution in [0.5, 0.6) is 11.5 Å². The molecule has 0 radical (unpaired) electrons.